The van der Waals surface area contributed by atoms with Crippen LogP contribution in [-0.4, -0.2) is 29.1 Å². The second-order valence-corrected chi connectivity index (χ2v) is 8.08. The summed E-state index contributed by atoms with van der Waals surface area (Å²) in [4.78, 5) is 19.1. The number of fused-ring (bicyclic) bond motifs is 1. The van der Waals surface area contributed by atoms with Gasteiger partial charge in [0.25, 0.3) is 0 Å². The lowest BCUT2D eigenvalue weighted by Crippen LogP contribution is -2.38. The number of carbonyl (C=O) groups is 1. The highest BCUT2D eigenvalue weighted by Crippen LogP contribution is 2.34. The number of hydrogen-bond donors (Lipinski definition) is 2. The van der Waals surface area contributed by atoms with E-state index in [1.54, 1.807) is 18.3 Å². The zero-order valence-electron chi connectivity index (χ0n) is 15.9. The Hall–Kier alpha value is -3.01. The van der Waals surface area contributed by atoms with Crippen LogP contribution in [0.1, 0.15) is 18.4 Å². The molecule has 0 atom stereocenters. The summed E-state index contributed by atoms with van der Waals surface area (Å²) >= 11 is 12.1. The first-order valence-electron chi connectivity index (χ1n) is 9.49. The molecule has 1 amide bonds. The Morgan fingerprint density at radius 3 is 2.60 bits per heavy atom. The Bertz CT molecular complexity index is 1170. The second-order valence-electron chi connectivity index (χ2n) is 7.21. The van der Waals surface area contributed by atoms with Gasteiger partial charge in [0.05, 0.1) is 22.5 Å². The van der Waals surface area contributed by atoms with E-state index in [0.717, 1.165) is 16.6 Å². The molecule has 3 aromatic rings. The molecule has 0 spiro atoms. The fourth-order valence-corrected chi connectivity index (χ4v) is 4.13. The van der Waals surface area contributed by atoms with Gasteiger partial charge in [-0.1, -0.05) is 23.2 Å². The number of amides is 1. The highest BCUT2D eigenvalue weighted by Gasteiger charge is 2.28. The van der Waals surface area contributed by atoms with E-state index in [2.05, 4.69) is 21.3 Å². The average Bonchev–Trinajstić information content (AvgIpc) is 2.75. The molecule has 2 N–H and O–H groups in total. The van der Waals surface area contributed by atoms with Crippen LogP contribution in [0, 0.1) is 17.2 Å². The molecule has 30 heavy (non-hydrogen) atoms. The Balaban J connectivity index is 1.52. The Labute approximate surface area is 183 Å². The summed E-state index contributed by atoms with van der Waals surface area (Å²) < 4.78 is 0. The topological polar surface area (TPSA) is 89.2 Å². The van der Waals surface area contributed by atoms with Gasteiger partial charge in [-0.05, 0) is 49.2 Å². The van der Waals surface area contributed by atoms with Crippen LogP contribution in [0.2, 0.25) is 10.0 Å². The molecule has 1 saturated heterocycles. The van der Waals surface area contributed by atoms with Crippen molar-refractivity contribution in [1.29, 1.82) is 5.26 Å². The molecule has 0 aliphatic carbocycles. The third kappa shape index (κ3) is 4.00. The summed E-state index contributed by atoms with van der Waals surface area (Å²) in [5.41, 5.74) is 2.36. The van der Waals surface area contributed by atoms with Crippen LogP contribution in [0.15, 0.2) is 42.6 Å². The molecule has 1 aliphatic rings. The van der Waals surface area contributed by atoms with Crippen molar-refractivity contribution in [1.82, 2.24) is 4.98 Å². The molecule has 0 bridgehead atoms. The van der Waals surface area contributed by atoms with Crippen LogP contribution < -0.4 is 10.2 Å². The smallest absolute Gasteiger partial charge is 0.227 e. The molecule has 8 heteroatoms. The lowest BCUT2D eigenvalue weighted by molar-refractivity contribution is -0.120. The predicted molar refractivity (Wildman–Crippen MR) is 118 cm³/mol. The van der Waals surface area contributed by atoms with Gasteiger partial charge in [0.15, 0.2) is 0 Å². The minimum absolute atomic E-state index is 0.0241. The standard InChI is InChI=1S/C22H18Cl2N4O2/c23-15-1-3-18-17(9-15)21(14(11-25)12-26-18)28-7-5-13(6-8-28)22(30)27-19-10-16(24)2-4-20(19)29/h1-4,9-10,12-13,29H,5-8H2,(H,27,30). The Morgan fingerprint density at radius 2 is 1.87 bits per heavy atom. The SMILES string of the molecule is N#Cc1cnc2ccc(Cl)cc2c1N1CCC(C(=O)Nc2cc(Cl)ccc2O)CC1. The molecule has 6 nitrogen and oxygen atoms in total. The van der Waals surface area contributed by atoms with Crippen molar-refractivity contribution in [3.8, 4) is 11.8 Å². The van der Waals surface area contributed by atoms with Gasteiger partial charge in [0.2, 0.25) is 5.91 Å². The van der Waals surface area contributed by atoms with E-state index in [9.17, 15) is 15.2 Å². The Kier molecular flexibility index (Phi) is 5.67. The van der Waals surface area contributed by atoms with Crippen LogP contribution in [0.3, 0.4) is 0 Å². The summed E-state index contributed by atoms with van der Waals surface area (Å²) in [5.74, 6) is -0.388. The van der Waals surface area contributed by atoms with Gasteiger partial charge in [-0.25, -0.2) is 0 Å². The number of nitrogens with one attached hydrogen (secondary N) is 1. The molecule has 1 fully saturated rings. The minimum Gasteiger partial charge on any atom is -0.506 e. The van der Waals surface area contributed by atoms with Crippen molar-refractivity contribution in [2.45, 2.75) is 12.8 Å². The van der Waals surface area contributed by atoms with Gasteiger partial charge in [-0.3, -0.25) is 9.78 Å². The maximum atomic E-state index is 12.7. The van der Waals surface area contributed by atoms with E-state index >= 15 is 0 Å². The number of phenolic OH excluding ortho intramolecular Hbond substituents is 1. The number of piperidine rings is 1. The number of carbonyl (C=O) groups excluding carboxylic acids is 1. The molecule has 2 heterocycles. The fourth-order valence-electron chi connectivity index (χ4n) is 3.78. The highest BCUT2D eigenvalue weighted by atomic mass is 35.5. The largest absolute Gasteiger partial charge is 0.506 e. The molecular formula is C22H18Cl2N4O2. The van der Waals surface area contributed by atoms with Crippen molar-refractivity contribution in [3.05, 3.63) is 58.2 Å². The number of aromatic nitrogens is 1. The van der Waals surface area contributed by atoms with Crippen molar-refractivity contribution in [3.63, 3.8) is 0 Å². The van der Waals surface area contributed by atoms with Gasteiger partial charge in [-0.2, -0.15) is 5.26 Å². The number of hydrogen-bond acceptors (Lipinski definition) is 5. The number of pyridine rings is 1. The van der Waals surface area contributed by atoms with Crippen molar-refractivity contribution < 1.29 is 9.90 Å². The number of halogens is 2. The first-order valence-corrected chi connectivity index (χ1v) is 10.2. The third-order valence-electron chi connectivity index (χ3n) is 5.32. The summed E-state index contributed by atoms with van der Waals surface area (Å²) in [7, 11) is 0. The normalized spacial score (nSPS) is 14.5. The zero-order valence-corrected chi connectivity index (χ0v) is 17.4. The molecule has 0 radical (unpaired) electrons. The monoisotopic (exact) mass is 440 g/mol. The maximum Gasteiger partial charge on any atom is 0.227 e. The van der Waals surface area contributed by atoms with Gasteiger partial charge in [0, 0.05) is 40.6 Å². The molecule has 152 valence electrons. The number of anilines is 2. The molecule has 4 rings (SSSR count). The van der Waals surface area contributed by atoms with Gasteiger partial charge in [-0.15, -0.1) is 0 Å². The molecule has 1 aliphatic heterocycles. The van der Waals surface area contributed by atoms with Crippen LogP contribution >= 0.6 is 23.2 Å². The van der Waals surface area contributed by atoms with E-state index in [1.165, 1.54) is 12.1 Å². The molecule has 0 saturated carbocycles. The van der Waals surface area contributed by atoms with E-state index in [4.69, 9.17) is 23.2 Å². The Morgan fingerprint density at radius 1 is 1.17 bits per heavy atom. The van der Waals surface area contributed by atoms with Crippen molar-refractivity contribution in [2.24, 2.45) is 5.92 Å². The first-order chi connectivity index (χ1) is 14.5. The number of aromatic hydroxyl groups is 1. The quantitative estimate of drug-likeness (QED) is 0.560. The van der Waals surface area contributed by atoms with Crippen LogP contribution in [0.25, 0.3) is 10.9 Å². The number of nitriles is 1. The van der Waals surface area contributed by atoms with E-state index in [-0.39, 0.29) is 17.6 Å². The number of phenols is 1. The number of nitrogens with zero attached hydrogens (tertiary/aromatic N) is 3. The summed E-state index contributed by atoms with van der Waals surface area (Å²) in [6.07, 6.45) is 2.80. The van der Waals surface area contributed by atoms with Crippen LogP contribution in [-0.2, 0) is 4.79 Å². The maximum absolute atomic E-state index is 12.7. The lowest BCUT2D eigenvalue weighted by atomic mass is 9.94. The fraction of sp³-hybridized carbons (Fsp3) is 0.227. The number of benzene rings is 2. The summed E-state index contributed by atoms with van der Waals surface area (Å²) in [6.45, 7) is 1.22. The molecule has 1 aromatic heterocycles. The van der Waals surface area contributed by atoms with E-state index in [0.29, 0.717) is 47.2 Å². The van der Waals surface area contributed by atoms with Gasteiger partial charge in [0.1, 0.15) is 11.8 Å². The molecule has 0 unspecified atom stereocenters. The second kappa shape index (κ2) is 8.39. The average molecular weight is 441 g/mol. The highest BCUT2D eigenvalue weighted by molar-refractivity contribution is 6.31. The van der Waals surface area contributed by atoms with Crippen molar-refractivity contribution >= 4 is 51.4 Å². The van der Waals surface area contributed by atoms with E-state index < -0.39 is 0 Å². The van der Waals surface area contributed by atoms with Gasteiger partial charge >= 0.3 is 0 Å². The molecular weight excluding hydrogens is 423 g/mol. The van der Waals surface area contributed by atoms with Crippen molar-refractivity contribution in [2.75, 3.05) is 23.3 Å². The zero-order chi connectivity index (χ0) is 21.3. The number of rotatable bonds is 3. The first kappa shape index (κ1) is 20.3. The van der Waals surface area contributed by atoms with Crippen LogP contribution in [0.4, 0.5) is 11.4 Å². The van der Waals surface area contributed by atoms with Crippen LogP contribution in [0.5, 0.6) is 5.75 Å². The minimum atomic E-state index is -0.207. The lowest BCUT2D eigenvalue weighted by Gasteiger charge is -2.34. The summed E-state index contributed by atoms with van der Waals surface area (Å²) in [5, 5.41) is 24.1. The third-order valence-corrected chi connectivity index (χ3v) is 5.79. The van der Waals surface area contributed by atoms with E-state index in [1.807, 2.05) is 12.1 Å². The predicted octanol–water partition coefficient (Wildman–Crippen LogP) is 4.97. The summed E-state index contributed by atoms with van der Waals surface area (Å²) in [6, 6.07) is 12.2. The van der Waals surface area contributed by atoms with Gasteiger partial charge < -0.3 is 15.3 Å². The molecule has 2 aromatic carbocycles.